The van der Waals surface area contributed by atoms with Crippen LogP contribution in [-0.2, 0) is 11.2 Å². The number of amides is 1. The summed E-state index contributed by atoms with van der Waals surface area (Å²) >= 11 is 0. The van der Waals surface area contributed by atoms with E-state index in [4.69, 9.17) is 9.47 Å². The first-order chi connectivity index (χ1) is 12.8. The summed E-state index contributed by atoms with van der Waals surface area (Å²) in [5.74, 6) is 1.33. The molecule has 3 aromatic rings. The molecule has 1 aliphatic rings. The molecule has 0 saturated heterocycles. The average molecular weight is 346 g/mol. The average Bonchev–Trinajstić information content (AvgIpc) is 3.12. The van der Waals surface area contributed by atoms with Crippen molar-refractivity contribution < 1.29 is 14.3 Å². The second kappa shape index (κ2) is 7.19. The van der Waals surface area contributed by atoms with Gasteiger partial charge in [-0.3, -0.25) is 4.79 Å². The van der Waals surface area contributed by atoms with Crippen LogP contribution in [0.1, 0.15) is 5.56 Å². The lowest BCUT2D eigenvalue weighted by Crippen LogP contribution is -2.14. The van der Waals surface area contributed by atoms with E-state index in [0.29, 0.717) is 5.75 Å². The SMILES string of the molecule is O=C(Cc1ccc2c(c1)OCO2)Nc1ccc(Nc2ccccc2)cc1. The van der Waals surface area contributed by atoms with E-state index in [1.165, 1.54) is 0 Å². The van der Waals surface area contributed by atoms with Crippen molar-refractivity contribution in [1.82, 2.24) is 0 Å². The fourth-order valence-electron chi connectivity index (χ4n) is 2.77. The van der Waals surface area contributed by atoms with Gasteiger partial charge in [0, 0.05) is 17.1 Å². The summed E-state index contributed by atoms with van der Waals surface area (Å²) in [6, 6.07) is 23.1. The molecule has 0 atom stereocenters. The molecule has 0 aromatic heterocycles. The second-order valence-electron chi connectivity index (χ2n) is 5.98. The van der Waals surface area contributed by atoms with Crippen molar-refractivity contribution in [3.05, 3.63) is 78.4 Å². The minimum atomic E-state index is -0.0763. The Labute approximate surface area is 151 Å². The number of para-hydroxylation sites is 1. The van der Waals surface area contributed by atoms with Gasteiger partial charge < -0.3 is 20.1 Å². The van der Waals surface area contributed by atoms with Crippen molar-refractivity contribution in [1.29, 1.82) is 0 Å². The standard InChI is InChI=1S/C21H18N2O3/c24-21(13-15-6-11-19-20(12-15)26-14-25-19)23-18-9-7-17(8-10-18)22-16-4-2-1-3-5-16/h1-12,22H,13-14H2,(H,23,24). The fourth-order valence-corrected chi connectivity index (χ4v) is 2.77. The molecule has 0 radical (unpaired) electrons. The highest BCUT2D eigenvalue weighted by Gasteiger charge is 2.14. The highest BCUT2D eigenvalue weighted by molar-refractivity contribution is 5.92. The Balaban J connectivity index is 1.35. The number of ether oxygens (including phenoxy) is 2. The number of hydrogen-bond donors (Lipinski definition) is 2. The van der Waals surface area contributed by atoms with Crippen molar-refractivity contribution in [3.8, 4) is 11.5 Å². The third-order valence-corrected chi connectivity index (χ3v) is 4.03. The van der Waals surface area contributed by atoms with Crippen LogP contribution in [-0.4, -0.2) is 12.7 Å². The van der Waals surface area contributed by atoms with Gasteiger partial charge in [-0.25, -0.2) is 0 Å². The molecule has 0 unspecified atom stereocenters. The minimum absolute atomic E-state index is 0.0763. The lowest BCUT2D eigenvalue weighted by Gasteiger charge is -2.09. The third-order valence-electron chi connectivity index (χ3n) is 4.03. The van der Waals surface area contributed by atoms with E-state index in [1.807, 2.05) is 72.8 Å². The molecule has 26 heavy (non-hydrogen) atoms. The lowest BCUT2D eigenvalue weighted by molar-refractivity contribution is -0.115. The fraction of sp³-hybridized carbons (Fsp3) is 0.0952. The van der Waals surface area contributed by atoms with Crippen LogP contribution in [0.3, 0.4) is 0 Å². The van der Waals surface area contributed by atoms with Gasteiger partial charge in [0.05, 0.1) is 6.42 Å². The summed E-state index contributed by atoms with van der Waals surface area (Å²) in [4.78, 5) is 12.3. The molecule has 3 aromatic carbocycles. The third kappa shape index (κ3) is 3.78. The molecule has 130 valence electrons. The molecular weight excluding hydrogens is 328 g/mol. The Kier molecular flexibility index (Phi) is 4.43. The quantitative estimate of drug-likeness (QED) is 0.721. The van der Waals surface area contributed by atoms with Crippen LogP contribution in [0, 0.1) is 0 Å². The van der Waals surface area contributed by atoms with Gasteiger partial charge in [0.15, 0.2) is 11.5 Å². The predicted octanol–water partition coefficient (Wildman–Crippen LogP) is 4.34. The number of carbonyl (C=O) groups excluding carboxylic acids is 1. The van der Waals surface area contributed by atoms with Gasteiger partial charge in [0.2, 0.25) is 12.7 Å². The number of nitrogens with one attached hydrogen (secondary N) is 2. The monoisotopic (exact) mass is 346 g/mol. The number of benzene rings is 3. The molecule has 0 aliphatic carbocycles. The molecule has 0 spiro atoms. The van der Waals surface area contributed by atoms with Crippen molar-refractivity contribution in [2.75, 3.05) is 17.4 Å². The summed E-state index contributed by atoms with van der Waals surface area (Å²) in [6.07, 6.45) is 0.278. The summed E-state index contributed by atoms with van der Waals surface area (Å²) in [5.41, 5.74) is 3.63. The Morgan fingerprint density at radius 1 is 0.808 bits per heavy atom. The summed E-state index contributed by atoms with van der Waals surface area (Å²) in [6.45, 7) is 0.231. The van der Waals surface area contributed by atoms with Crippen molar-refractivity contribution in [3.63, 3.8) is 0 Å². The minimum Gasteiger partial charge on any atom is -0.454 e. The highest BCUT2D eigenvalue weighted by Crippen LogP contribution is 2.32. The zero-order chi connectivity index (χ0) is 17.8. The van der Waals surface area contributed by atoms with Gasteiger partial charge in [-0.1, -0.05) is 24.3 Å². The summed E-state index contributed by atoms with van der Waals surface area (Å²) in [7, 11) is 0. The largest absolute Gasteiger partial charge is 0.454 e. The molecule has 5 heteroatoms. The zero-order valence-electron chi connectivity index (χ0n) is 14.1. The van der Waals surface area contributed by atoms with Gasteiger partial charge in [-0.2, -0.15) is 0 Å². The van der Waals surface area contributed by atoms with Crippen LogP contribution >= 0.6 is 0 Å². The number of carbonyl (C=O) groups is 1. The Hall–Kier alpha value is -3.47. The van der Waals surface area contributed by atoms with Crippen LogP contribution in [0.4, 0.5) is 17.1 Å². The van der Waals surface area contributed by atoms with E-state index in [2.05, 4.69) is 10.6 Å². The highest BCUT2D eigenvalue weighted by atomic mass is 16.7. The van der Waals surface area contributed by atoms with E-state index >= 15 is 0 Å². The molecule has 0 bridgehead atoms. The van der Waals surface area contributed by atoms with Crippen molar-refractivity contribution in [2.45, 2.75) is 6.42 Å². The smallest absolute Gasteiger partial charge is 0.231 e. The lowest BCUT2D eigenvalue weighted by atomic mass is 10.1. The van der Waals surface area contributed by atoms with Crippen LogP contribution in [0.2, 0.25) is 0 Å². The zero-order valence-corrected chi connectivity index (χ0v) is 14.1. The molecule has 1 heterocycles. The number of fused-ring (bicyclic) bond motifs is 1. The van der Waals surface area contributed by atoms with E-state index in [0.717, 1.165) is 28.4 Å². The Morgan fingerprint density at radius 3 is 2.31 bits per heavy atom. The van der Waals surface area contributed by atoms with Crippen LogP contribution < -0.4 is 20.1 Å². The maximum absolute atomic E-state index is 12.3. The summed E-state index contributed by atoms with van der Waals surface area (Å²) < 4.78 is 10.6. The van der Waals surface area contributed by atoms with Gasteiger partial charge in [0.1, 0.15) is 0 Å². The number of hydrogen-bond acceptors (Lipinski definition) is 4. The molecule has 0 fully saturated rings. The molecule has 4 rings (SSSR count). The van der Waals surface area contributed by atoms with Gasteiger partial charge in [0.25, 0.3) is 0 Å². The maximum Gasteiger partial charge on any atom is 0.231 e. The Bertz CT molecular complexity index is 908. The van der Waals surface area contributed by atoms with Crippen LogP contribution in [0.15, 0.2) is 72.8 Å². The first kappa shape index (κ1) is 16.0. The molecule has 1 amide bonds. The topological polar surface area (TPSA) is 59.6 Å². The number of rotatable bonds is 5. The maximum atomic E-state index is 12.3. The van der Waals surface area contributed by atoms with Gasteiger partial charge in [-0.05, 0) is 54.1 Å². The molecule has 2 N–H and O–H groups in total. The first-order valence-electron chi connectivity index (χ1n) is 8.37. The van der Waals surface area contributed by atoms with Gasteiger partial charge >= 0.3 is 0 Å². The van der Waals surface area contributed by atoms with Crippen LogP contribution in [0.5, 0.6) is 11.5 Å². The molecule has 0 saturated carbocycles. The molecule has 5 nitrogen and oxygen atoms in total. The van der Waals surface area contributed by atoms with E-state index in [9.17, 15) is 4.79 Å². The first-order valence-corrected chi connectivity index (χ1v) is 8.37. The Morgan fingerprint density at radius 2 is 1.50 bits per heavy atom. The molecular formula is C21H18N2O3. The molecule has 1 aliphatic heterocycles. The van der Waals surface area contributed by atoms with E-state index in [1.54, 1.807) is 0 Å². The van der Waals surface area contributed by atoms with Crippen molar-refractivity contribution >= 4 is 23.0 Å². The van der Waals surface area contributed by atoms with E-state index < -0.39 is 0 Å². The van der Waals surface area contributed by atoms with Gasteiger partial charge in [-0.15, -0.1) is 0 Å². The predicted molar refractivity (Wildman–Crippen MR) is 101 cm³/mol. The number of anilines is 3. The van der Waals surface area contributed by atoms with Crippen molar-refractivity contribution in [2.24, 2.45) is 0 Å². The van der Waals surface area contributed by atoms with Crippen LogP contribution in [0.25, 0.3) is 0 Å². The second-order valence-corrected chi connectivity index (χ2v) is 5.98. The summed E-state index contributed by atoms with van der Waals surface area (Å²) in [5, 5.41) is 6.22. The van der Waals surface area contributed by atoms with E-state index in [-0.39, 0.29) is 19.1 Å². The normalized spacial score (nSPS) is 11.8.